The molecule has 3 heteroatoms. The SMILES string of the molecule is CCCCCCCCc1cnc(-c2ccc(OCCCCCCCCCC3CC3)cc2)nc1. The van der Waals surface area contributed by atoms with Crippen molar-refractivity contribution in [2.75, 3.05) is 6.61 Å². The second-order valence-corrected chi connectivity index (χ2v) is 10.0. The molecule has 1 saturated carbocycles. The number of hydrogen-bond donors (Lipinski definition) is 0. The van der Waals surface area contributed by atoms with Crippen molar-refractivity contribution < 1.29 is 4.74 Å². The third-order valence-electron chi connectivity index (χ3n) is 6.86. The lowest BCUT2D eigenvalue weighted by atomic mass is 10.1. The molecule has 1 heterocycles. The van der Waals surface area contributed by atoms with Crippen LogP contribution < -0.4 is 4.74 Å². The number of nitrogens with zero attached hydrogens (tertiary/aromatic N) is 2. The van der Waals surface area contributed by atoms with Gasteiger partial charge in [0.1, 0.15) is 5.75 Å². The summed E-state index contributed by atoms with van der Waals surface area (Å²) >= 11 is 0. The molecular weight excluding hydrogens is 404 g/mol. The topological polar surface area (TPSA) is 35.0 Å². The van der Waals surface area contributed by atoms with Gasteiger partial charge in [-0.3, -0.25) is 0 Å². The Kier molecular flexibility index (Phi) is 12.4. The molecule has 2 aromatic rings. The molecule has 1 aromatic carbocycles. The number of ether oxygens (including phenoxy) is 1. The maximum absolute atomic E-state index is 5.93. The fourth-order valence-corrected chi connectivity index (χ4v) is 4.46. The lowest BCUT2D eigenvalue weighted by Crippen LogP contribution is -1.97. The van der Waals surface area contributed by atoms with Crippen molar-refractivity contribution in [1.29, 1.82) is 0 Å². The van der Waals surface area contributed by atoms with Crippen molar-refractivity contribution in [2.24, 2.45) is 5.92 Å². The van der Waals surface area contributed by atoms with Gasteiger partial charge in [0.25, 0.3) is 0 Å². The summed E-state index contributed by atoms with van der Waals surface area (Å²) in [4.78, 5) is 9.18. The smallest absolute Gasteiger partial charge is 0.159 e. The number of aryl methyl sites for hydroxylation is 1. The van der Waals surface area contributed by atoms with Crippen LogP contribution in [-0.4, -0.2) is 16.6 Å². The number of unbranched alkanes of at least 4 members (excludes halogenated alkanes) is 11. The zero-order valence-corrected chi connectivity index (χ0v) is 21.1. The predicted octanol–water partition coefficient (Wildman–Crippen LogP) is 8.96. The van der Waals surface area contributed by atoms with Crippen molar-refractivity contribution in [1.82, 2.24) is 9.97 Å². The fourth-order valence-electron chi connectivity index (χ4n) is 4.46. The molecule has 3 nitrogen and oxygen atoms in total. The van der Waals surface area contributed by atoms with Gasteiger partial charge in [-0.2, -0.15) is 0 Å². The first-order valence-corrected chi connectivity index (χ1v) is 13.9. The predicted molar refractivity (Wildman–Crippen MR) is 140 cm³/mol. The Balaban J connectivity index is 1.24. The van der Waals surface area contributed by atoms with Gasteiger partial charge in [0.15, 0.2) is 5.82 Å². The molecule has 0 bridgehead atoms. The summed E-state index contributed by atoms with van der Waals surface area (Å²) in [7, 11) is 0. The van der Waals surface area contributed by atoms with Gasteiger partial charge in [-0.1, -0.05) is 96.8 Å². The Hall–Kier alpha value is -1.90. The molecule has 0 N–H and O–H groups in total. The van der Waals surface area contributed by atoms with Crippen molar-refractivity contribution in [3.8, 4) is 17.1 Å². The van der Waals surface area contributed by atoms with Crippen LogP contribution in [0.5, 0.6) is 5.75 Å². The Morgan fingerprint density at radius 2 is 1.33 bits per heavy atom. The van der Waals surface area contributed by atoms with Gasteiger partial charge >= 0.3 is 0 Å². The summed E-state index contributed by atoms with van der Waals surface area (Å²) in [5, 5.41) is 0. The summed E-state index contributed by atoms with van der Waals surface area (Å²) in [6, 6.07) is 8.23. The molecule has 1 aliphatic carbocycles. The van der Waals surface area contributed by atoms with Crippen LogP contribution in [0.15, 0.2) is 36.7 Å². The first-order chi connectivity index (χ1) is 16.3. The van der Waals surface area contributed by atoms with Gasteiger partial charge in [-0.15, -0.1) is 0 Å². The normalized spacial score (nSPS) is 13.4. The van der Waals surface area contributed by atoms with Crippen LogP contribution >= 0.6 is 0 Å². The highest BCUT2D eigenvalue weighted by Crippen LogP contribution is 2.34. The second-order valence-electron chi connectivity index (χ2n) is 10.0. The van der Waals surface area contributed by atoms with E-state index in [1.165, 1.54) is 102 Å². The summed E-state index contributed by atoms with van der Waals surface area (Å²) in [6.07, 6.45) is 27.0. The lowest BCUT2D eigenvalue weighted by Gasteiger charge is -2.08. The van der Waals surface area contributed by atoms with Gasteiger partial charge in [0.05, 0.1) is 6.61 Å². The quantitative estimate of drug-likeness (QED) is 0.200. The molecule has 0 saturated heterocycles. The summed E-state index contributed by atoms with van der Waals surface area (Å²) < 4.78 is 5.93. The van der Waals surface area contributed by atoms with Crippen molar-refractivity contribution in [3.05, 3.63) is 42.2 Å². The van der Waals surface area contributed by atoms with E-state index in [1.807, 2.05) is 24.5 Å². The van der Waals surface area contributed by atoms with Crippen LogP contribution in [0.25, 0.3) is 11.4 Å². The zero-order valence-electron chi connectivity index (χ0n) is 21.1. The monoisotopic (exact) mass is 450 g/mol. The van der Waals surface area contributed by atoms with Crippen molar-refractivity contribution in [2.45, 2.75) is 116 Å². The molecule has 0 atom stereocenters. The third kappa shape index (κ3) is 11.2. The molecule has 0 spiro atoms. The average Bonchev–Trinajstić information content (AvgIpc) is 3.68. The first kappa shape index (κ1) is 25.7. The highest BCUT2D eigenvalue weighted by Gasteiger charge is 2.19. The Morgan fingerprint density at radius 3 is 2.00 bits per heavy atom. The number of hydrogen-bond acceptors (Lipinski definition) is 3. The second kappa shape index (κ2) is 15.9. The first-order valence-electron chi connectivity index (χ1n) is 13.9. The molecule has 0 aliphatic heterocycles. The van der Waals surface area contributed by atoms with E-state index in [9.17, 15) is 0 Å². The molecule has 1 aromatic heterocycles. The van der Waals surface area contributed by atoms with E-state index in [0.717, 1.165) is 42.5 Å². The molecule has 0 radical (unpaired) electrons. The fraction of sp³-hybridized carbons (Fsp3) is 0.667. The minimum Gasteiger partial charge on any atom is -0.494 e. The van der Waals surface area contributed by atoms with E-state index in [2.05, 4.69) is 29.0 Å². The van der Waals surface area contributed by atoms with E-state index in [0.29, 0.717) is 0 Å². The molecule has 3 rings (SSSR count). The van der Waals surface area contributed by atoms with Crippen LogP contribution in [0, 0.1) is 5.92 Å². The highest BCUT2D eigenvalue weighted by atomic mass is 16.5. The minimum atomic E-state index is 0.797. The van der Waals surface area contributed by atoms with Crippen LogP contribution in [0.3, 0.4) is 0 Å². The summed E-state index contributed by atoms with van der Waals surface area (Å²) in [5.41, 5.74) is 2.29. The van der Waals surface area contributed by atoms with E-state index >= 15 is 0 Å². The van der Waals surface area contributed by atoms with Gasteiger partial charge in [0, 0.05) is 18.0 Å². The van der Waals surface area contributed by atoms with E-state index in [1.54, 1.807) is 0 Å². The van der Waals surface area contributed by atoms with E-state index in [-0.39, 0.29) is 0 Å². The average molecular weight is 451 g/mol. The summed E-state index contributed by atoms with van der Waals surface area (Å²) in [6.45, 7) is 3.07. The van der Waals surface area contributed by atoms with Crippen LogP contribution in [0.4, 0.5) is 0 Å². The number of aromatic nitrogens is 2. The Morgan fingerprint density at radius 1 is 0.727 bits per heavy atom. The van der Waals surface area contributed by atoms with Crippen LogP contribution in [-0.2, 0) is 6.42 Å². The van der Waals surface area contributed by atoms with Crippen LogP contribution in [0.2, 0.25) is 0 Å². The molecule has 182 valence electrons. The molecule has 1 fully saturated rings. The molecular formula is C30H46N2O. The number of rotatable bonds is 19. The lowest BCUT2D eigenvalue weighted by molar-refractivity contribution is 0.304. The van der Waals surface area contributed by atoms with Gasteiger partial charge in [-0.05, 0) is 55.0 Å². The molecule has 0 amide bonds. The summed E-state index contributed by atoms with van der Waals surface area (Å²) in [5.74, 6) is 2.84. The number of benzene rings is 1. The van der Waals surface area contributed by atoms with Gasteiger partial charge in [0.2, 0.25) is 0 Å². The molecule has 0 unspecified atom stereocenters. The zero-order chi connectivity index (χ0) is 23.0. The Labute approximate surface area is 202 Å². The van der Waals surface area contributed by atoms with Crippen LogP contribution in [0.1, 0.15) is 115 Å². The Bertz CT molecular complexity index is 737. The van der Waals surface area contributed by atoms with Gasteiger partial charge in [-0.25, -0.2) is 9.97 Å². The third-order valence-corrected chi connectivity index (χ3v) is 6.86. The maximum Gasteiger partial charge on any atom is 0.159 e. The maximum atomic E-state index is 5.93. The van der Waals surface area contributed by atoms with Crippen molar-refractivity contribution >= 4 is 0 Å². The van der Waals surface area contributed by atoms with Gasteiger partial charge < -0.3 is 4.74 Å². The molecule has 1 aliphatic rings. The highest BCUT2D eigenvalue weighted by molar-refractivity contribution is 5.55. The largest absolute Gasteiger partial charge is 0.494 e. The van der Waals surface area contributed by atoms with E-state index in [4.69, 9.17) is 4.74 Å². The standard InChI is InChI=1S/C30H46N2O/c1-2-3-4-5-9-13-16-27-24-31-30(32-25-27)28-19-21-29(22-20-28)33-23-14-11-8-6-7-10-12-15-26-17-18-26/h19-22,24-26H,2-18,23H2,1H3. The van der Waals surface area contributed by atoms with E-state index < -0.39 is 0 Å². The molecule has 33 heavy (non-hydrogen) atoms. The van der Waals surface area contributed by atoms with Crippen molar-refractivity contribution in [3.63, 3.8) is 0 Å². The minimum absolute atomic E-state index is 0.797.